The van der Waals surface area contributed by atoms with Gasteiger partial charge in [-0.25, -0.2) is 0 Å². The van der Waals surface area contributed by atoms with E-state index in [-0.39, 0.29) is 11.1 Å². The number of H-pyrrole nitrogens is 1. The van der Waals surface area contributed by atoms with Crippen LogP contribution in [-0.4, -0.2) is 10.5 Å². The first-order valence-electron chi connectivity index (χ1n) is 6.63. The molecule has 1 saturated carbocycles. The van der Waals surface area contributed by atoms with Gasteiger partial charge in [0.05, 0.1) is 0 Å². The molecule has 18 heavy (non-hydrogen) atoms. The number of fused-ring (bicyclic) bond motifs is 1. The van der Waals surface area contributed by atoms with E-state index in [1.165, 1.54) is 19.3 Å². The van der Waals surface area contributed by atoms with Gasteiger partial charge in [-0.05, 0) is 43.2 Å². The van der Waals surface area contributed by atoms with Crippen molar-refractivity contribution in [3.8, 4) is 0 Å². The average Bonchev–Trinajstić information content (AvgIpc) is 2.34. The van der Waals surface area contributed by atoms with Crippen LogP contribution in [0, 0.1) is 0 Å². The largest absolute Gasteiger partial charge is 0.366 e. The summed E-state index contributed by atoms with van der Waals surface area (Å²) in [5.74, 6) is 0.847. The lowest BCUT2D eigenvalue weighted by molar-refractivity contribution is 0.269. The molecule has 94 valence electrons. The first-order valence-corrected chi connectivity index (χ1v) is 6.63. The third kappa shape index (κ3) is 1.80. The van der Waals surface area contributed by atoms with Crippen LogP contribution < -0.4 is 10.9 Å². The lowest BCUT2D eigenvalue weighted by Crippen LogP contribution is -2.44. The number of hydrogen-bond acceptors (Lipinski definition) is 2. The van der Waals surface area contributed by atoms with E-state index in [2.05, 4.69) is 17.2 Å². The Kier molecular flexibility index (Phi) is 2.62. The van der Waals surface area contributed by atoms with Crippen LogP contribution in [0.2, 0.25) is 0 Å². The van der Waals surface area contributed by atoms with Crippen molar-refractivity contribution in [2.45, 2.75) is 38.1 Å². The third-order valence-corrected chi connectivity index (χ3v) is 4.14. The molecule has 0 bridgehead atoms. The predicted octanol–water partition coefficient (Wildman–Crippen LogP) is 3.27. The lowest BCUT2D eigenvalue weighted by Gasteiger charge is -2.42. The molecule has 0 saturated heterocycles. The van der Waals surface area contributed by atoms with Crippen LogP contribution in [0.25, 0.3) is 10.8 Å². The topological polar surface area (TPSA) is 44.9 Å². The molecule has 3 heteroatoms. The predicted molar refractivity (Wildman–Crippen MR) is 75.1 cm³/mol. The fourth-order valence-corrected chi connectivity index (χ4v) is 2.73. The van der Waals surface area contributed by atoms with Crippen molar-refractivity contribution in [2.75, 3.05) is 5.32 Å². The number of benzene rings is 1. The minimum absolute atomic E-state index is 0.0128. The number of hydrogen-bond donors (Lipinski definition) is 2. The van der Waals surface area contributed by atoms with Gasteiger partial charge >= 0.3 is 0 Å². The summed E-state index contributed by atoms with van der Waals surface area (Å²) in [7, 11) is 0. The molecule has 0 amide bonds. The zero-order valence-electron chi connectivity index (χ0n) is 10.6. The van der Waals surface area contributed by atoms with Crippen LogP contribution in [0.1, 0.15) is 32.6 Å². The summed E-state index contributed by atoms with van der Waals surface area (Å²) in [5.41, 5.74) is 0.187. The Morgan fingerprint density at radius 1 is 1.33 bits per heavy atom. The van der Waals surface area contributed by atoms with E-state index < -0.39 is 0 Å². The van der Waals surface area contributed by atoms with Crippen molar-refractivity contribution in [1.29, 1.82) is 0 Å². The lowest BCUT2D eigenvalue weighted by atomic mass is 9.75. The van der Waals surface area contributed by atoms with E-state index in [0.29, 0.717) is 0 Å². The van der Waals surface area contributed by atoms with Crippen molar-refractivity contribution < 1.29 is 0 Å². The van der Waals surface area contributed by atoms with Gasteiger partial charge in [0.15, 0.2) is 0 Å². The zero-order chi connectivity index (χ0) is 12.6. The number of anilines is 1. The summed E-state index contributed by atoms with van der Waals surface area (Å²) in [4.78, 5) is 14.9. The molecule has 0 radical (unpaired) electrons. The Labute approximate surface area is 106 Å². The maximum absolute atomic E-state index is 12.0. The van der Waals surface area contributed by atoms with E-state index in [1.807, 2.05) is 30.3 Å². The van der Waals surface area contributed by atoms with Crippen LogP contribution in [0.3, 0.4) is 0 Å². The van der Waals surface area contributed by atoms with Gasteiger partial charge in [0.2, 0.25) is 0 Å². The Morgan fingerprint density at radius 2 is 2.11 bits per heavy atom. The minimum Gasteiger partial charge on any atom is -0.366 e. The molecule has 3 rings (SSSR count). The van der Waals surface area contributed by atoms with Gasteiger partial charge in [-0.2, -0.15) is 0 Å². The first kappa shape index (κ1) is 11.3. The van der Waals surface area contributed by atoms with E-state index in [1.54, 1.807) is 0 Å². The van der Waals surface area contributed by atoms with Crippen molar-refractivity contribution in [3.05, 3.63) is 40.7 Å². The highest BCUT2D eigenvalue weighted by atomic mass is 16.1. The number of pyridine rings is 1. The van der Waals surface area contributed by atoms with Gasteiger partial charge in [0.25, 0.3) is 5.56 Å². The first-order chi connectivity index (χ1) is 8.72. The molecule has 2 N–H and O–H groups in total. The highest BCUT2D eigenvalue weighted by molar-refractivity contribution is 5.83. The monoisotopic (exact) mass is 242 g/mol. The summed E-state index contributed by atoms with van der Waals surface area (Å²) < 4.78 is 0. The molecule has 0 spiro atoms. The minimum atomic E-state index is -0.0128. The van der Waals surface area contributed by atoms with Gasteiger partial charge in [-0.1, -0.05) is 25.1 Å². The van der Waals surface area contributed by atoms with Gasteiger partial charge in [-0.3, -0.25) is 4.79 Å². The molecule has 1 aromatic carbocycles. The Balaban J connectivity index is 2.00. The molecule has 1 aliphatic carbocycles. The number of rotatable bonds is 3. The molecular formula is C15H18N2O. The highest BCUT2D eigenvalue weighted by Gasteiger charge is 2.35. The summed E-state index contributed by atoms with van der Waals surface area (Å²) in [6, 6.07) is 9.73. The zero-order valence-corrected chi connectivity index (χ0v) is 10.6. The van der Waals surface area contributed by atoms with Gasteiger partial charge in [0, 0.05) is 10.9 Å². The number of aromatic nitrogens is 1. The van der Waals surface area contributed by atoms with Crippen LogP contribution in [0.5, 0.6) is 0 Å². The fraction of sp³-hybridized carbons (Fsp3) is 0.400. The van der Waals surface area contributed by atoms with Crippen LogP contribution in [0.15, 0.2) is 35.1 Å². The van der Waals surface area contributed by atoms with E-state index in [4.69, 9.17) is 0 Å². The van der Waals surface area contributed by atoms with Gasteiger partial charge < -0.3 is 10.3 Å². The maximum Gasteiger partial charge on any atom is 0.257 e. The number of nitrogens with one attached hydrogen (secondary N) is 2. The van der Waals surface area contributed by atoms with Crippen molar-refractivity contribution in [2.24, 2.45) is 0 Å². The summed E-state index contributed by atoms with van der Waals surface area (Å²) >= 11 is 0. The van der Waals surface area contributed by atoms with Crippen molar-refractivity contribution in [1.82, 2.24) is 4.98 Å². The second-order valence-corrected chi connectivity index (χ2v) is 5.21. The van der Waals surface area contributed by atoms with Crippen LogP contribution in [0.4, 0.5) is 5.82 Å². The van der Waals surface area contributed by atoms with E-state index >= 15 is 0 Å². The normalized spacial score (nSPS) is 17.4. The quantitative estimate of drug-likeness (QED) is 0.867. The molecule has 1 fully saturated rings. The van der Waals surface area contributed by atoms with Gasteiger partial charge in [-0.15, -0.1) is 0 Å². The van der Waals surface area contributed by atoms with Crippen LogP contribution in [-0.2, 0) is 0 Å². The molecule has 1 aliphatic rings. The smallest absolute Gasteiger partial charge is 0.257 e. The molecule has 0 atom stereocenters. The fourth-order valence-electron chi connectivity index (χ4n) is 2.73. The molecule has 1 heterocycles. The molecule has 2 aromatic rings. The third-order valence-electron chi connectivity index (χ3n) is 4.14. The Bertz CT molecular complexity index is 620. The molecule has 0 unspecified atom stereocenters. The van der Waals surface area contributed by atoms with Crippen molar-refractivity contribution >= 4 is 16.6 Å². The Hall–Kier alpha value is -1.77. The standard InChI is InChI=1S/C15H18N2O/c1-2-15(8-5-9-15)17-13-10-11-6-3-4-7-12(11)14(18)16-13/h3-4,6-7,10H,2,5,8-9H2,1H3,(H2,16,17,18). The summed E-state index contributed by atoms with van der Waals surface area (Å²) in [6.07, 6.45) is 4.76. The second kappa shape index (κ2) is 4.16. The van der Waals surface area contributed by atoms with Crippen molar-refractivity contribution in [3.63, 3.8) is 0 Å². The molecule has 3 nitrogen and oxygen atoms in total. The number of aromatic amines is 1. The van der Waals surface area contributed by atoms with Gasteiger partial charge in [0.1, 0.15) is 5.82 Å². The van der Waals surface area contributed by atoms with Crippen LogP contribution >= 0.6 is 0 Å². The maximum atomic E-state index is 12.0. The second-order valence-electron chi connectivity index (χ2n) is 5.21. The SMILES string of the molecule is CCC1(Nc2cc3ccccc3c(=O)[nH]2)CCC1. The molecule has 0 aliphatic heterocycles. The summed E-state index contributed by atoms with van der Waals surface area (Å²) in [5, 5.41) is 5.27. The Morgan fingerprint density at radius 3 is 2.78 bits per heavy atom. The highest BCUT2D eigenvalue weighted by Crippen LogP contribution is 2.37. The van der Waals surface area contributed by atoms with E-state index in [0.717, 1.165) is 23.0 Å². The average molecular weight is 242 g/mol. The summed E-state index contributed by atoms with van der Waals surface area (Å²) in [6.45, 7) is 2.20. The molecule has 1 aromatic heterocycles. The molecular weight excluding hydrogens is 224 g/mol. The van der Waals surface area contributed by atoms with E-state index in [9.17, 15) is 4.79 Å².